The first-order valence-electron chi connectivity index (χ1n) is 9.99. The lowest BCUT2D eigenvalue weighted by atomic mass is 10.0. The molecule has 150 valence electrons. The number of hydrogen-bond donors (Lipinski definition) is 1. The van der Waals surface area contributed by atoms with Gasteiger partial charge in [0, 0.05) is 30.2 Å². The van der Waals surface area contributed by atoms with Crippen molar-refractivity contribution in [1.29, 1.82) is 0 Å². The van der Waals surface area contributed by atoms with Crippen LogP contribution in [0.4, 0.5) is 0 Å². The molecule has 0 radical (unpaired) electrons. The van der Waals surface area contributed by atoms with Gasteiger partial charge in [0.15, 0.2) is 0 Å². The number of aromatic nitrogens is 1. The molecule has 5 nitrogen and oxygen atoms in total. The van der Waals surface area contributed by atoms with Crippen LogP contribution in [0.15, 0.2) is 66.2 Å². The Labute approximate surface area is 175 Å². The van der Waals surface area contributed by atoms with Gasteiger partial charge < -0.3 is 14.8 Å². The van der Waals surface area contributed by atoms with Crippen LogP contribution < -0.4 is 5.32 Å². The van der Waals surface area contributed by atoms with Crippen LogP contribution in [-0.2, 0) is 17.8 Å². The Morgan fingerprint density at radius 2 is 1.93 bits per heavy atom. The van der Waals surface area contributed by atoms with Crippen molar-refractivity contribution in [2.24, 2.45) is 0 Å². The van der Waals surface area contributed by atoms with Crippen molar-refractivity contribution in [3.05, 3.63) is 82.3 Å². The molecule has 1 unspecified atom stereocenters. The van der Waals surface area contributed by atoms with Crippen molar-refractivity contribution >= 4 is 23.2 Å². The van der Waals surface area contributed by atoms with Crippen molar-refractivity contribution in [3.8, 4) is 0 Å². The minimum atomic E-state index is -0.0751. The van der Waals surface area contributed by atoms with Crippen molar-refractivity contribution < 1.29 is 9.59 Å². The Kier molecular flexibility index (Phi) is 6.10. The number of carbonyl (C=O) groups excluding carboxylic acids is 2. The first-order chi connectivity index (χ1) is 14.2. The normalized spacial score (nSPS) is 16.6. The minimum Gasteiger partial charge on any atom is -0.346 e. The lowest BCUT2D eigenvalue weighted by Gasteiger charge is -2.33. The summed E-state index contributed by atoms with van der Waals surface area (Å²) in [4.78, 5) is 28.6. The highest BCUT2D eigenvalue weighted by Gasteiger charge is 2.25. The third-order valence-electron chi connectivity index (χ3n) is 5.28. The summed E-state index contributed by atoms with van der Waals surface area (Å²) in [5, 5.41) is 5.18. The molecule has 0 saturated carbocycles. The summed E-state index contributed by atoms with van der Waals surface area (Å²) in [6.45, 7) is 2.02. The van der Waals surface area contributed by atoms with Gasteiger partial charge in [-0.15, -0.1) is 11.3 Å². The standard InChI is InChI=1S/C23H25N3O2S/c27-22(15-18-7-2-1-3-8-18)26-13-4-9-19(16-26)24-23(28)21-11-5-12-25(21)17-20-10-6-14-29-20/h1-3,5-8,10-12,14,19H,4,9,13,15-17H2,(H,24,28). The molecule has 29 heavy (non-hydrogen) atoms. The van der Waals surface area contributed by atoms with Crippen LogP contribution in [-0.4, -0.2) is 40.4 Å². The van der Waals surface area contributed by atoms with E-state index >= 15 is 0 Å². The number of carbonyl (C=O) groups is 2. The summed E-state index contributed by atoms with van der Waals surface area (Å²) in [5.41, 5.74) is 1.68. The largest absolute Gasteiger partial charge is 0.346 e. The summed E-state index contributed by atoms with van der Waals surface area (Å²) in [6, 6.07) is 17.6. The molecule has 1 aliphatic rings. The lowest BCUT2D eigenvalue weighted by molar-refractivity contribution is -0.131. The molecule has 2 aromatic heterocycles. The Hall–Kier alpha value is -2.86. The van der Waals surface area contributed by atoms with E-state index < -0.39 is 0 Å². The Bertz CT molecular complexity index is 950. The van der Waals surface area contributed by atoms with E-state index in [1.807, 2.05) is 69.6 Å². The predicted molar refractivity (Wildman–Crippen MR) is 115 cm³/mol. The Morgan fingerprint density at radius 1 is 1.07 bits per heavy atom. The van der Waals surface area contributed by atoms with Crippen LogP contribution in [0.1, 0.15) is 33.8 Å². The van der Waals surface area contributed by atoms with Gasteiger partial charge in [-0.2, -0.15) is 0 Å². The average Bonchev–Trinajstić information content (AvgIpc) is 3.41. The van der Waals surface area contributed by atoms with E-state index in [-0.39, 0.29) is 17.9 Å². The summed E-state index contributed by atoms with van der Waals surface area (Å²) >= 11 is 1.68. The monoisotopic (exact) mass is 407 g/mol. The fourth-order valence-electron chi connectivity index (χ4n) is 3.79. The zero-order chi connectivity index (χ0) is 20.1. The van der Waals surface area contributed by atoms with Crippen molar-refractivity contribution in [2.75, 3.05) is 13.1 Å². The third-order valence-corrected chi connectivity index (χ3v) is 6.14. The van der Waals surface area contributed by atoms with Crippen molar-refractivity contribution in [2.45, 2.75) is 31.8 Å². The van der Waals surface area contributed by atoms with E-state index in [0.717, 1.165) is 24.9 Å². The average molecular weight is 408 g/mol. The molecule has 4 rings (SSSR count). The third kappa shape index (κ3) is 4.95. The maximum Gasteiger partial charge on any atom is 0.268 e. The first kappa shape index (κ1) is 19.5. The van der Waals surface area contributed by atoms with Gasteiger partial charge in [-0.3, -0.25) is 9.59 Å². The van der Waals surface area contributed by atoms with Crippen LogP contribution in [0, 0.1) is 0 Å². The molecule has 1 N–H and O–H groups in total. The van der Waals surface area contributed by atoms with Gasteiger partial charge in [-0.05, 0) is 42.0 Å². The minimum absolute atomic E-state index is 0.0129. The van der Waals surface area contributed by atoms with E-state index in [2.05, 4.69) is 11.4 Å². The molecule has 6 heteroatoms. The van der Waals surface area contributed by atoms with Gasteiger partial charge in [0.05, 0.1) is 13.0 Å². The lowest BCUT2D eigenvalue weighted by Crippen LogP contribution is -2.50. The molecule has 1 saturated heterocycles. The molecule has 3 heterocycles. The molecule has 0 spiro atoms. The first-order valence-corrected chi connectivity index (χ1v) is 10.9. The molecule has 0 aliphatic carbocycles. The van der Waals surface area contributed by atoms with Crippen LogP contribution in [0.3, 0.4) is 0 Å². The topological polar surface area (TPSA) is 54.3 Å². The predicted octanol–water partition coefficient (Wildman–Crippen LogP) is 3.56. The van der Waals surface area contributed by atoms with Gasteiger partial charge in [0.1, 0.15) is 5.69 Å². The molecule has 1 atom stereocenters. The number of nitrogens with zero attached hydrogens (tertiary/aromatic N) is 2. The van der Waals surface area contributed by atoms with E-state index in [0.29, 0.717) is 25.2 Å². The molecule has 1 aliphatic heterocycles. The SMILES string of the molecule is O=C(NC1CCCN(C(=O)Cc2ccccc2)C1)c1cccn1Cc1cccs1. The second-order valence-corrected chi connectivity index (χ2v) is 8.45. The van der Waals surface area contributed by atoms with E-state index in [4.69, 9.17) is 0 Å². The second-order valence-electron chi connectivity index (χ2n) is 7.42. The fraction of sp³-hybridized carbons (Fsp3) is 0.304. The Balaban J connectivity index is 1.35. The summed E-state index contributed by atoms with van der Waals surface area (Å²) in [6.07, 6.45) is 4.14. The van der Waals surface area contributed by atoms with Crippen molar-refractivity contribution in [1.82, 2.24) is 14.8 Å². The van der Waals surface area contributed by atoms with Crippen LogP contribution in [0.2, 0.25) is 0 Å². The zero-order valence-corrected chi connectivity index (χ0v) is 17.1. The smallest absolute Gasteiger partial charge is 0.268 e. The zero-order valence-electron chi connectivity index (χ0n) is 16.3. The maximum absolute atomic E-state index is 12.9. The second kappa shape index (κ2) is 9.09. The van der Waals surface area contributed by atoms with E-state index in [9.17, 15) is 9.59 Å². The number of hydrogen-bond acceptors (Lipinski definition) is 3. The molecule has 0 bridgehead atoms. The van der Waals surface area contributed by atoms with Gasteiger partial charge in [0.25, 0.3) is 5.91 Å². The number of nitrogens with one attached hydrogen (secondary N) is 1. The molecular weight excluding hydrogens is 382 g/mol. The van der Waals surface area contributed by atoms with Crippen LogP contribution >= 0.6 is 11.3 Å². The summed E-state index contributed by atoms with van der Waals surface area (Å²) < 4.78 is 1.97. The molecule has 1 fully saturated rings. The molecule has 2 amide bonds. The highest BCUT2D eigenvalue weighted by atomic mass is 32.1. The highest BCUT2D eigenvalue weighted by Crippen LogP contribution is 2.15. The van der Waals surface area contributed by atoms with Crippen LogP contribution in [0.25, 0.3) is 0 Å². The van der Waals surface area contributed by atoms with Gasteiger partial charge in [-0.25, -0.2) is 0 Å². The number of amides is 2. The molecule has 3 aromatic rings. The summed E-state index contributed by atoms with van der Waals surface area (Å²) in [5.74, 6) is 0.0464. The maximum atomic E-state index is 12.9. The summed E-state index contributed by atoms with van der Waals surface area (Å²) in [7, 11) is 0. The highest BCUT2D eigenvalue weighted by molar-refractivity contribution is 7.09. The number of piperidine rings is 1. The number of benzene rings is 1. The number of likely N-dealkylation sites (tertiary alicyclic amines) is 1. The van der Waals surface area contributed by atoms with E-state index in [1.54, 1.807) is 11.3 Å². The van der Waals surface area contributed by atoms with Gasteiger partial charge >= 0.3 is 0 Å². The van der Waals surface area contributed by atoms with Crippen molar-refractivity contribution in [3.63, 3.8) is 0 Å². The van der Waals surface area contributed by atoms with Crippen LogP contribution in [0.5, 0.6) is 0 Å². The number of thiophene rings is 1. The van der Waals surface area contributed by atoms with E-state index in [1.165, 1.54) is 4.88 Å². The van der Waals surface area contributed by atoms with Gasteiger partial charge in [0.2, 0.25) is 5.91 Å². The van der Waals surface area contributed by atoms with Gasteiger partial charge in [-0.1, -0.05) is 36.4 Å². The Morgan fingerprint density at radius 3 is 2.72 bits per heavy atom. The fourth-order valence-corrected chi connectivity index (χ4v) is 4.49. The number of rotatable bonds is 6. The molecule has 1 aromatic carbocycles. The quantitative estimate of drug-likeness (QED) is 0.679. The molecular formula is C23H25N3O2S.